The molecule has 5 nitrogen and oxygen atoms in total. The minimum Gasteiger partial charge on any atom is -0.497 e. The number of rotatable bonds is 6. The molecule has 0 bridgehead atoms. The van der Waals surface area contributed by atoms with E-state index in [0.717, 1.165) is 21.7 Å². The van der Waals surface area contributed by atoms with Gasteiger partial charge in [0.15, 0.2) is 0 Å². The molecule has 0 unspecified atom stereocenters. The molecule has 0 heterocycles. The first-order valence-electron chi connectivity index (χ1n) is 7.13. The van der Waals surface area contributed by atoms with Crippen LogP contribution in [-0.4, -0.2) is 38.2 Å². The van der Waals surface area contributed by atoms with E-state index >= 15 is 0 Å². The average molecular weight is 379 g/mol. The molecule has 0 saturated carbocycles. The van der Waals surface area contributed by atoms with E-state index in [-0.39, 0.29) is 6.03 Å². The van der Waals surface area contributed by atoms with Crippen LogP contribution in [-0.2, 0) is 0 Å². The van der Waals surface area contributed by atoms with Crippen LogP contribution in [0.4, 0.5) is 10.5 Å². The van der Waals surface area contributed by atoms with Gasteiger partial charge in [-0.05, 0) is 52.3 Å². The number of nitrogens with one attached hydrogen (secondary N) is 1. The Bertz CT molecular complexity index is 647. The summed E-state index contributed by atoms with van der Waals surface area (Å²) in [6, 6.07) is 14.6. The molecule has 0 atom stereocenters. The lowest BCUT2D eigenvalue weighted by Crippen LogP contribution is -2.34. The van der Waals surface area contributed by atoms with Crippen molar-refractivity contribution in [1.82, 2.24) is 4.90 Å². The maximum absolute atomic E-state index is 12.1. The summed E-state index contributed by atoms with van der Waals surface area (Å²) in [5.74, 6) is 1.52. The Morgan fingerprint density at radius 1 is 1.13 bits per heavy atom. The zero-order valence-electron chi connectivity index (χ0n) is 13.1. The number of hydrogen-bond acceptors (Lipinski definition) is 3. The number of halogens is 1. The number of likely N-dealkylation sites (N-methyl/N-ethyl adjacent to an activating group) is 1. The van der Waals surface area contributed by atoms with Crippen LogP contribution < -0.4 is 14.8 Å². The van der Waals surface area contributed by atoms with Crippen LogP contribution in [0.5, 0.6) is 11.5 Å². The molecule has 0 aliphatic rings. The van der Waals surface area contributed by atoms with E-state index in [4.69, 9.17) is 9.47 Å². The number of hydrogen-bond donors (Lipinski definition) is 1. The molecule has 0 radical (unpaired) electrons. The summed E-state index contributed by atoms with van der Waals surface area (Å²) < 4.78 is 11.5. The van der Waals surface area contributed by atoms with E-state index in [1.165, 1.54) is 0 Å². The van der Waals surface area contributed by atoms with E-state index in [2.05, 4.69) is 21.2 Å². The molecule has 122 valence electrons. The summed E-state index contributed by atoms with van der Waals surface area (Å²) in [5, 5.41) is 2.84. The van der Waals surface area contributed by atoms with Crippen molar-refractivity contribution in [2.75, 3.05) is 32.6 Å². The number of anilines is 1. The molecule has 6 heteroatoms. The van der Waals surface area contributed by atoms with Gasteiger partial charge in [-0.2, -0.15) is 0 Å². The molecule has 0 fully saturated rings. The molecule has 23 heavy (non-hydrogen) atoms. The molecule has 2 aromatic carbocycles. The SMILES string of the molecule is COc1ccc(OCCN(C)C(=O)Nc2ccccc2Br)cc1. The monoisotopic (exact) mass is 378 g/mol. The van der Waals surface area contributed by atoms with Gasteiger partial charge in [-0.3, -0.25) is 0 Å². The number of para-hydroxylation sites is 1. The molecule has 0 aromatic heterocycles. The normalized spacial score (nSPS) is 10.0. The number of carbonyl (C=O) groups is 1. The summed E-state index contributed by atoms with van der Waals surface area (Å²) in [5.41, 5.74) is 0.737. The second kappa shape index (κ2) is 8.43. The highest BCUT2D eigenvalue weighted by Gasteiger charge is 2.10. The van der Waals surface area contributed by atoms with Gasteiger partial charge in [0, 0.05) is 11.5 Å². The molecule has 0 saturated heterocycles. The molecule has 2 amide bonds. The Morgan fingerprint density at radius 3 is 2.43 bits per heavy atom. The standard InChI is InChI=1S/C17H19BrN2O3/c1-20(17(21)19-16-6-4-3-5-15(16)18)11-12-23-14-9-7-13(22-2)8-10-14/h3-10H,11-12H2,1-2H3,(H,19,21). The van der Waals surface area contributed by atoms with Crippen LogP contribution in [0, 0.1) is 0 Å². The minimum absolute atomic E-state index is 0.185. The van der Waals surface area contributed by atoms with Crippen molar-refractivity contribution in [3.8, 4) is 11.5 Å². The number of nitrogens with zero attached hydrogens (tertiary/aromatic N) is 1. The fourth-order valence-electron chi connectivity index (χ4n) is 1.85. The van der Waals surface area contributed by atoms with Crippen LogP contribution >= 0.6 is 15.9 Å². The second-order valence-electron chi connectivity index (χ2n) is 4.86. The van der Waals surface area contributed by atoms with Gasteiger partial charge in [-0.15, -0.1) is 0 Å². The lowest BCUT2D eigenvalue weighted by molar-refractivity contribution is 0.207. The van der Waals surface area contributed by atoms with Gasteiger partial charge in [0.05, 0.1) is 19.3 Å². The van der Waals surface area contributed by atoms with E-state index in [9.17, 15) is 4.79 Å². The largest absolute Gasteiger partial charge is 0.497 e. The molecule has 2 aromatic rings. The second-order valence-corrected chi connectivity index (χ2v) is 5.71. The van der Waals surface area contributed by atoms with E-state index in [1.54, 1.807) is 19.1 Å². The molecule has 0 aliphatic heterocycles. The van der Waals surface area contributed by atoms with Gasteiger partial charge in [-0.25, -0.2) is 4.79 Å². The molecular formula is C17H19BrN2O3. The number of carbonyl (C=O) groups excluding carboxylic acids is 1. The quantitative estimate of drug-likeness (QED) is 0.826. The maximum atomic E-state index is 12.1. The summed E-state index contributed by atoms with van der Waals surface area (Å²) >= 11 is 3.40. The highest BCUT2D eigenvalue weighted by Crippen LogP contribution is 2.21. The summed E-state index contributed by atoms with van der Waals surface area (Å²) in [7, 11) is 3.35. The van der Waals surface area contributed by atoms with Crippen LogP contribution in [0.2, 0.25) is 0 Å². The predicted molar refractivity (Wildman–Crippen MR) is 94.3 cm³/mol. The topological polar surface area (TPSA) is 50.8 Å². The van der Waals surface area contributed by atoms with Gasteiger partial charge >= 0.3 is 6.03 Å². The van der Waals surface area contributed by atoms with Crippen molar-refractivity contribution in [1.29, 1.82) is 0 Å². The summed E-state index contributed by atoms with van der Waals surface area (Å²) in [6.07, 6.45) is 0. The highest BCUT2D eigenvalue weighted by molar-refractivity contribution is 9.10. The minimum atomic E-state index is -0.185. The lowest BCUT2D eigenvalue weighted by Gasteiger charge is -2.18. The molecule has 0 spiro atoms. The number of methoxy groups -OCH3 is 1. The van der Waals surface area contributed by atoms with E-state index < -0.39 is 0 Å². The van der Waals surface area contributed by atoms with Gasteiger partial charge in [0.25, 0.3) is 0 Å². The Balaban J connectivity index is 1.78. The van der Waals surface area contributed by atoms with Crippen molar-refractivity contribution < 1.29 is 14.3 Å². The Labute approximate surface area is 144 Å². The van der Waals surface area contributed by atoms with E-state index in [0.29, 0.717) is 13.2 Å². The van der Waals surface area contributed by atoms with E-state index in [1.807, 2.05) is 48.5 Å². The van der Waals surface area contributed by atoms with Gasteiger partial charge in [-0.1, -0.05) is 12.1 Å². The van der Waals surface area contributed by atoms with Crippen LogP contribution in [0.3, 0.4) is 0 Å². The number of amides is 2. The van der Waals surface area contributed by atoms with Gasteiger partial charge < -0.3 is 19.7 Å². The first kappa shape index (κ1) is 17.1. The zero-order valence-corrected chi connectivity index (χ0v) is 14.7. The van der Waals surface area contributed by atoms with Crippen LogP contribution in [0.25, 0.3) is 0 Å². The average Bonchev–Trinajstić information content (AvgIpc) is 2.57. The van der Waals surface area contributed by atoms with Crippen molar-refractivity contribution >= 4 is 27.6 Å². The molecule has 1 N–H and O–H groups in total. The lowest BCUT2D eigenvalue weighted by atomic mass is 10.3. The number of benzene rings is 2. The van der Waals surface area contributed by atoms with Crippen molar-refractivity contribution in [3.63, 3.8) is 0 Å². The fraction of sp³-hybridized carbons (Fsp3) is 0.235. The smallest absolute Gasteiger partial charge is 0.321 e. The van der Waals surface area contributed by atoms with Gasteiger partial charge in [0.2, 0.25) is 0 Å². The summed E-state index contributed by atoms with van der Waals surface area (Å²) in [6.45, 7) is 0.883. The molecular weight excluding hydrogens is 360 g/mol. The maximum Gasteiger partial charge on any atom is 0.321 e. The third-order valence-corrected chi connectivity index (χ3v) is 3.91. The Kier molecular flexibility index (Phi) is 6.29. The third-order valence-electron chi connectivity index (χ3n) is 3.22. The first-order chi connectivity index (χ1) is 11.1. The summed E-state index contributed by atoms with van der Waals surface area (Å²) in [4.78, 5) is 13.7. The zero-order chi connectivity index (χ0) is 16.7. The Hall–Kier alpha value is -2.21. The van der Waals surface area contributed by atoms with Crippen molar-refractivity contribution in [2.24, 2.45) is 0 Å². The number of ether oxygens (including phenoxy) is 2. The molecule has 2 rings (SSSR count). The van der Waals surface area contributed by atoms with Crippen LogP contribution in [0.1, 0.15) is 0 Å². The predicted octanol–water partition coefficient (Wildman–Crippen LogP) is 4.00. The third kappa shape index (κ3) is 5.17. The van der Waals surface area contributed by atoms with Crippen molar-refractivity contribution in [2.45, 2.75) is 0 Å². The molecule has 0 aliphatic carbocycles. The Morgan fingerprint density at radius 2 is 1.78 bits per heavy atom. The van der Waals surface area contributed by atoms with Gasteiger partial charge in [0.1, 0.15) is 18.1 Å². The first-order valence-corrected chi connectivity index (χ1v) is 7.93. The van der Waals surface area contributed by atoms with Crippen LogP contribution in [0.15, 0.2) is 53.0 Å². The van der Waals surface area contributed by atoms with Crippen molar-refractivity contribution in [3.05, 3.63) is 53.0 Å². The fourth-order valence-corrected chi connectivity index (χ4v) is 2.23. The highest BCUT2D eigenvalue weighted by atomic mass is 79.9. The number of urea groups is 1.